The Morgan fingerprint density at radius 3 is 2.55 bits per heavy atom. The summed E-state index contributed by atoms with van der Waals surface area (Å²) in [5.74, 6) is -0.433. The molecule has 1 spiro atoms. The number of hydrogen-bond donors (Lipinski definition) is 1. The average molecular weight is 303 g/mol. The number of carbonyl (C=O) groups is 2. The van der Waals surface area contributed by atoms with E-state index in [0.717, 1.165) is 32.0 Å². The van der Waals surface area contributed by atoms with Crippen molar-refractivity contribution < 1.29 is 14.3 Å². The molecule has 3 heterocycles. The summed E-state index contributed by atoms with van der Waals surface area (Å²) < 4.78 is 5.27. The Morgan fingerprint density at radius 1 is 1.36 bits per heavy atom. The number of carbonyl (C=O) groups excluding carboxylic acids is 2. The van der Waals surface area contributed by atoms with Gasteiger partial charge in [-0.3, -0.25) is 9.59 Å². The van der Waals surface area contributed by atoms with Crippen LogP contribution in [0, 0.1) is 11.3 Å². The quantitative estimate of drug-likeness (QED) is 0.858. The third-order valence-corrected chi connectivity index (χ3v) is 4.18. The maximum atomic E-state index is 12.2. The summed E-state index contributed by atoms with van der Waals surface area (Å²) in [6.07, 6.45) is 1.72. The maximum absolute atomic E-state index is 12.2. The molecule has 6 heteroatoms. The van der Waals surface area contributed by atoms with Gasteiger partial charge in [0, 0.05) is 25.9 Å². The van der Waals surface area contributed by atoms with Crippen LogP contribution in [0.1, 0.15) is 31.3 Å². The fourth-order valence-corrected chi connectivity index (χ4v) is 2.90. The highest BCUT2D eigenvalue weighted by atomic mass is 16.5. The number of rotatable bonds is 4. The zero-order valence-electron chi connectivity index (χ0n) is 13.2. The Hall–Kier alpha value is -1.95. The summed E-state index contributed by atoms with van der Waals surface area (Å²) in [5, 5.41) is 2.73. The summed E-state index contributed by atoms with van der Waals surface area (Å²) in [6.45, 7) is 8.59. The number of aromatic nitrogens is 1. The first kappa shape index (κ1) is 15.0. The summed E-state index contributed by atoms with van der Waals surface area (Å²) in [4.78, 5) is 30.1. The molecule has 1 N–H and O–H groups in total. The number of hydrogen-bond acceptors (Lipinski definition) is 5. The van der Waals surface area contributed by atoms with E-state index in [-0.39, 0.29) is 17.6 Å². The molecule has 1 aromatic heterocycles. The number of ether oxygens (including phenoxy) is 1. The molecule has 118 valence electrons. The Balaban J connectivity index is 1.84. The number of Topliss-reactive ketones (excluding diaryl/α,β-unsaturated/α-hetero) is 1. The molecule has 0 aliphatic carbocycles. The van der Waals surface area contributed by atoms with Gasteiger partial charge in [-0.2, -0.15) is 0 Å². The van der Waals surface area contributed by atoms with Crippen LogP contribution >= 0.6 is 0 Å². The van der Waals surface area contributed by atoms with E-state index in [2.05, 4.69) is 15.2 Å². The van der Waals surface area contributed by atoms with Crippen molar-refractivity contribution in [3.63, 3.8) is 0 Å². The monoisotopic (exact) mass is 303 g/mol. The van der Waals surface area contributed by atoms with Gasteiger partial charge in [-0.15, -0.1) is 0 Å². The molecular formula is C16H21N3O3. The molecule has 0 radical (unpaired) electrons. The highest BCUT2D eigenvalue weighted by Crippen LogP contribution is 2.40. The fraction of sp³-hybridized carbons (Fsp3) is 0.562. The van der Waals surface area contributed by atoms with Gasteiger partial charge in [0.25, 0.3) is 0 Å². The van der Waals surface area contributed by atoms with Crippen LogP contribution in [0.3, 0.4) is 0 Å². The molecule has 0 saturated carbocycles. The van der Waals surface area contributed by atoms with Crippen molar-refractivity contribution in [1.82, 2.24) is 4.98 Å². The Labute approximate surface area is 129 Å². The van der Waals surface area contributed by atoms with Crippen molar-refractivity contribution in [1.29, 1.82) is 0 Å². The van der Waals surface area contributed by atoms with E-state index in [0.29, 0.717) is 16.8 Å². The summed E-state index contributed by atoms with van der Waals surface area (Å²) in [7, 11) is 0. The molecule has 2 aliphatic heterocycles. The number of pyridine rings is 1. The second kappa shape index (κ2) is 5.35. The predicted molar refractivity (Wildman–Crippen MR) is 83.2 cm³/mol. The highest BCUT2D eigenvalue weighted by molar-refractivity contribution is 6.04. The van der Waals surface area contributed by atoms with E-state index in [1.807, 2.05) is 19.9 Å². The molecule has 6 nitrogen and oxygen atoms in total. The lowest BCUT2D eigenvalue weighted by Crippen LogP contribution is -2.66. The molecule has 1 amide bonds. The van der Waals surface area contributed by atoms with Crippen molar-refractivity contribution in [3.8, 4) is 0 Å². The minimum atomic E-state index is -0.204. The van der Waals surface area contributed by atoms with Crippen molar-refractivity contribution in [2.24, 2.45) is 11.3 Å². The van der Waals surface area contributed by atoms with E-state index in [4.69, 9.17) is 4.74 Å². The molecule has 22 heavy (non-hydrogen) atoms. The standard InChI is InChI=1S/C16H21N3O3/c1-10(2)15(21)14-13(18-11(3)20)4-12(5-17-14)19-6-16(7-19)8-22-9-16/h4-5,10H,6-9H2,1-3H3,(H,18,20). The molecule has 3 rings (SSSR count). The normalized spacial score (nSPS) is 18.8. The van der Waals surface area contributed by atoms with Gasteiger partial charge in [-0.05, 0) is 6.07 Å². The summed E-state index contributed by atoms with van der Waals surface area (Å²) >= 11 is 0. The summed E-state index contributed by atoms with van der Waals surface area (Å²) in [6, 6.07) is 1.84. The zero-order valence-corrected chi connectivity index (χ0v) is 13.2. The van der Waals surface area contributed by atoms with E-state index in [9.17, 15) is 9.59 Å². The highest BCUT2D eigenvalue weighted by Gasteiger charge is 2.49. The largest absolute Gasteiger partial charge is 0.380 e. The van der Waals surface area contributed by atoms with Crippen molar-refractivity contribution in [3.05, 3.63) is 18.0 Å². The minimum Gasteiger partial charge on any atom is -0.380 e. The van der Waals surface area contributed by atoms with Crippen LogP contribution in [-0.2, 0) is 9.53 Å². The van der Waals surface area contributed by atoms with Gasteiger partial charge in [0.15, 0.2) is 5.78 Å². The van der Waals surface area contributed by atoms with Crippen LogP contribution in [0.2, 0.25) is 0 Å². The molecule has 0 atom stereocenters. The first-order valence-electron chi connectivity index (χ1n) is 7.55. The first-order valence-corrected chi connectivity index (χ1v) is 7.55. The topological polar surface area (TPSA) is 71.5 Å². The van der Waals surface area contributed by atoms with Gasteiger partial charge >= 0.3 is 0 Å². The molecular weight excluding hydrogens is 282 g/mol. The molecule has 0 bridgehead atoms. The second-order valence-corrected chi connectivity index (χ2v) is 6.64. The number of anilines is 2. The molecule has 0 aromatic carbocycles. The molecule has 2 fully saturated rings. The lowest BCUT2D eigenvalue weighted by atomic mass is 9.78. The van der Waals surface area contributed by atoms with E-state index in [1.165, 1.54) is 6.92 Å². The molecule has 2 saturated heterocycles. The number of ketones is 1. The maximum Gasteiger partial charge on any atom is 0.221 e. The Bertz CT molecular complexity index is 615. The van der Waals surface area contributed by atoms with E-state index < -0.39 is 0 Å². The first-order chi connectivity index (χ1) is 10.4. The molecule has 1 aromatic rings. The third kappa shape index (κ3) is 2.59. The van der Waals surface area contributed by atoms with Crippen molar-refractivity contribution in [2.45, 2.75) is 20.8 Å². The number of nitrogens with zero attached hydrogens (tertiary/aromatic N) is 2. The van der Waals surface area contributed by atoms with Crippen molar-refractivity contribution in [2.75, 3.05) is 36.5 Å². The van der Waals surface area contributed by atoms with Crippen LogP contribution in [-0.4, -0.2) is 43.0 Å². The third-order valence-electron chi connectivity index (χ3n) is 4.18. The van der Waals surface area contributed by atoms with Crippen molar-refractivity contribution >= 4 is 23.1 Å². The fourth-order valence-electron chi connectivity index (χ4n) is 2.90. The van der Waals surface area contributed by atoms with Crippen LogP contribution in [0.4, 0.5) is 11.4 Å². The predicted octanol–water partition coefficient (Wildman–Crippen LogP) is 1.72. The lowest BCUT2D eigenvalue weighted by Gasteiger charge is -2.55. The SMILES string of the molecule is CC(=O)Nc1cc(N2CC3(COC3)C2)cnc1C(=O)C(C)C. The Kier molecular flexibility index (Phi) is 3.64. The van der Waals surface area contributed by atoms with E-state index in [1.54, 1.807) is 6.20 Å². The van der Waals surface area contributed by atoms with Gasteiger partial charge < -0.3 is 15.0 Å². The number of amides is 1. The minimum absolute atomic E-state index is 0.0669. The lowest BCUT2D eigenvalue weighted by molar-refractivity contribution is -0.127. The average Bonchev–Trinajstić information content (AvgIpc) is 2.34. The number of nitrogens with one attached hydrogen (secondary N) is 1. The molecule has 2 aliphatic rings. The van der Waals surface area contributed by atoms with Gasteiger partial charge in [-0.25, -0.2) is 4.98 Å². The summed E-state index contributed by atoms with van der Waals surface area (Å²) in [5.41, 5.74) is 2.06. The second-order valence-electron chi connectivity index (χ2n) is 6.64. The zero-order chi connectivity index (χ0) is 15.9. The van der Waals surface area contributed by atoms with Gasteiger partial charge in [0.2, 0.25) is 5.91 Å². The van der Waals surface area contributed by atoms with E-state index >= 15 is 0 Å². The van der Waals surface area contributed by atoms with Gasteiger partial charge in [0.05, 0.1) is 36.2 Å². The van der Waals surface area contributed by atoms with Crippen LogP contribution < -0.4 is 10.2 Å². The Morgan fingerprint density at radius 2 is 2.05 bits per heavy atom. The molecule has 0 unspecified atom stereocenters. The van der Waals surface area contributed by atoms with Gasteiger partial charge in [-0.1, -0.05) is 13.8 Å². The van der Waals surface area contributed by atoms with Gasteiger partial charge in [0.1, 0.15) is 5.69 Å². The van der Waals surface area contributed by atoms with Crippen LogP contribution in [0.5, 0.6) is 0 Å². The van der Waals surface area contributed by atoms with Crippen LogP contribution in [0.15, 0.2) is 12.3 Å². The smallest absolute Gasteiger partial charge is 0.221 e. The van der Waals surface area contributed by atoms with Crippen LogP contribution in [0.25, 0.3) is 0 Å².